The fourth-order valence-electron chi connectivity index (χ4n) is 1.36. The Balaban J connectivity index is 0. The molecule has 80 valence electrons. The molecule has 0 atom stereocenters. The van der Waals surface area contributed by atoms with E-state index in [9.17, 15) is 0 Å². The quantitative estimate of drug-likeness (QED) is 0.407. The van der Waals surface area contributed by atoms with Gasteiger partial charge in [-0.05, 0) is 12.8 Å². The van der Waals surface area contributed by atoms with Crippen LogP contribution in [0.4, 0.5) is 0 Å². The van der Waals surface area contributed by atoms with Gasteiger partial charge < -0.3 is 4.74 Å². The first kappa shape index (κ1) is 17.1. The number of rotatable bonds is 10. The zero-order chi connectivity index (χ0) is 9.78. The maximum atomic E-state index is 5.53. The molecule has 0 rings (SSSR count). The van der Waals surface area contributed by atoms with Gasteiger partial charge in [0.25, 0.3) is 0 Å². The van der Waals surface area contributed by atoms with Crippen molar-refractivity contribution in [3.05, 3.63) is 0 Å². The van der Waals surface area contributed by atoms with Gasteiger partial charge in [0, 0.05) is 13.2 Å². The summed E-state index contributed by atoms with van der Waals surface area (Å²) in [6, 6.07) is 0. The van der Waals surface area contributed by atoms with Crippen LogP contribution in [0.15, 0.2) is 0 Å². The molecule has 0 spiro atoms. The molecule has 0 radical (unpaired) electrons. The van der Waals surface area contributed by atoms with Gasteiger partial charge in [0.1, 0.15) is 0 Å². The number of ether oxygens (including phenoxy) is 1. The molecule has 1 nitrogen and oxygen atoms in total. The Morgan fingerprint density at radius 3 is 1.43 bits per heavy atom. The van der Waals surface area contributed by atoms with E-state index in [2.05, 4.69) is 13.8 Å². The predicted molar refractivity (Wildman–Crippen MR) is 59.1 cm³/mol. The van der Waals surface area contributed by atoms with Crippen LogP contribution in [0.1, 0.15) is 65.2 Å². The molecule has 0 bridgehead atoms. The van der Waals surface area contributed by atoms with Crippen LogP contribution in [0.3, 0.4) is 0 Å². The van der Waals surface area contributed by atoms with Gasteiger partial charge in [-0.25, -0.2) is 0 Å². The monoisotopic (exact) mass is 234 g/mol. The van der Waals surface area contributed by atoms with Crippen LogP contribution in [0.2, 0.25) is 0 Å². The van der Waals surface area contributed by atoms with Crippen molar-refractivity contribution >= 4 is 0 Å². The third-order valence-corrected chi connectivity index (χ3v) is 2.28. The molecule has 0 heterocycles. The van der Waals surface area contributed by atoms with E-state index in [1.54, 1.807) is 0 Å². The van der Waals surface area contributed by atoms with Crippen LogP contribution in [0.5, 0.6) is 0 Å². The van der Waals surface area contributed by atoms with Crippen LogP contribution >= 0.6 is 0 Å². The zero-order valence-corrected chi connectivity index (χ0v) is 11.5. The molecule has 0 amide bonds. The predicted octanol–water partition coefficient (Wildman–Crippen LogP) is 4.16. The molecule has 0 aromatic heterocycles. The normalized spacial score (nSPS) is 9.86. The van der Waals surface area contributed by atoms with Gasteiger partial charge in [0.15, 0.2) is 0 Å². The van der Waals surface area contributed by atoms with Crippen molar-refractivity contribution in [2.45, 2.75) is 65.2 Å². The topological polar surface area (TPSA) is 9.23 Å². The molecule has 0 unspecified atom stereocenters. The standard InChI is InChI=1S/C12H26O.Ti/c1-3-5-7-9-11-13-12-10-8-6-4-2;/h3-12H2,1-2H3;/q;+4. The minimum Gasteiger partial charge on any atom is -0.381 e. The minimum atomic E-state index is 0. The number of hydrogen-bond acceptors (Lipinski definition) is 1. The molecular formula is C12H26OTi+4. The Morgan fingerprint density at radius 2 is 1.07 bits per heavy atom. The number of hydrogen-bond donors (Lipinski definition) is 0. The van der Waals surface area contributed by atoms with Crippen molar-refractivity contribution in [2.24, 2.45) is 0 Å². The Hall–Kier alpha value is 0.674. The molecule has 0 aliphatic rings. The zero-order valence-electron chi connectivity index (χ0n) is 9.98. The summed E-state index contributed by atoms with van der Waals surface area (Å²) in [5.74, 6) is 0. The van der Waals surface area contributed by atoms with Crippen molar-refractivity contribution < 1.29 is 26.5 Å². The van der Waals surface area contributed by atoms with Crippen molar-refractivity contribution in [1.29, 1.82) is 0 Å². The Labute approximate surface area is 105 Å². The van der Waals surface area contributed by atoms with E-state index in [1.165, 1.54) is 51.4 Å². The van der Waals surface area contributed by atoms with E-state index in [-0.39, 0.29) is 21.7 Å². The van der Waals surface area contributed by atoms with Crippen LogP contribution in [0.25, 0.3) is 0 Å². The van der Waals surface area contributed by atoms with Crippen LogP contribution in [-0.4, -0.2) is 13.2 Å². The van der Waals surface area contributed by atoms with Gasteiger partial charge in [-0.15, -0.1) is 0 Å². The van der Waals surface area contributed by atoms with Gasteiger partial charge in [-0.1, -0.05) is 52.4 Å². The summed E-state index contributed by atoms with van der Waals surface area (Å²) in [5.41, 5.74) is 0. The first-order valence-corrected chi connectivity index (χ1v) is 5.99. The SMILES string of the molecule is CCCCCCOCCCCCC.[Ti+4]. The average molecular weight is 234 g/mol. The molecule has 0 aromatic rings. The van der Waals surface area contributed by atoms with Crippen molar-refractivity contribution in [3.63, 3.8) is 0 Å². The Kier molecular flexibility index (Phi) is 19.7. The third-order valence-electron chi connectivity index (χ3n) is 2.28. The molecule has 0 N–H and O–H groups in total. The van der Waals surface area contributed by atoms with E-state index in [1.807, 2.05) is 0 Å². The Morgan fingerprint density at radius 1 is 0.643 bits per heavy atom. The van der Waals surface area contributed by atoms with E-state index in [0.717, 1.165) is 13.2 Å². The summed E-state index contributed by atoms with van der Waals surface area (Å²) in [6.07, 6.45) is 10.5. The molecule has 0 aromatic carbocycles. The van der Waals surface area contributed by atoms with E-state index < -0.39 is 0 Å². The van der Waals surface area contributed by atoms with E-state index >= 15 is 0 Å². The largest absolute Gasteiger partial charge is 4.00 e. The first-order chi connectivity index (χ1) is 6.41. The van der Waals surface area contributed by atoms with Gasteiger partial charge in [-0.3, -0.25) is 0 Å². The maximum Gasteiger partial charge on any atom is 4.00 e. The van der Waals surface area contributed by atoms with Crippen molar-refractivity contribution in [2.75, 3.05) is 13.2 Å². The smallest absolute Gasteiger partial charge is 0.381 e. The van der Waals surface area contributed by atoms with Crippen LogP contribution < -0.4 is 0 Å². The summed E-state index contributed by atoms with van der Waals surface area (Å²) < 4.78 is 5.53. The molecule has 0 aliphatic carbocycles. The molecule has 0 saturated heterocycles. The second kappa shape index (κ2) is 16.1. The number of unbranched alkanes of at least 4 members (excludes halogenated alkanes) is 6. The summed E-state index contributed by atoms with van der Waals surface area (Å²) in [5, 5.41) is 0. The van der Waals surface area contributed by atoms with Crippen LogP contribution in [-0.2, 0) is 26.5 Å². The molecule has 0 aliphatic heterocycles. The van der Waals surface area contributed by atoms with Crippen molar-refractivity contribution in [1.82, 2.24) is 0 Å². The van der Waals surface area contributed by atoms with Crippen LogP contribution in [0, 0.1) is 0 Å². The van der Waals surface area contributed by atoms with E-state index in [4.69, 9.17) is 4.74 Å². The second-order valence-corrected chi connectivity index (χ2v) is 3.73. The minimum absolute atomic E-state index is 0. The van der Waals surface area contributed by atoms with Gasteiger partial charge >= 0.3 is 21.7 Å². The van der Waals surface area contributed by atoms with Gasteiger partial charge in [-0.2, -0.15) is 0 Å². The average Bonchev–Trinajstić information content (AvgIpc) is 2.16. The van der Waals surface area contributed by atoms with Crippen molar-refractivity contribution in [3.8, 4) is 0 Å². The summed E-state index contributed by atoms with van der Waals surface area (Å²) in [6.45, 7) is 6.44. The summed E-state index contributed by atoms with van der Waals surface area (Å²) >= 11 is 0. The first-order valence-electron chi connectivity index (χ1n) is 5.99. The fourth-order valence-corrected chi connectivity index (χ4v) is 1.36. The summed E-state index contributed by atoms with van der Waals surface area (Å²) in [4.78, 5) is 0. The molecule has 0 fully saturated rings. The third kappa shape index (κ3) is 15.2. The molecule has 0 saturated carbocycles. The van der Waals surface area contributed by atoms with Gasteiger partial charge in [0.2, 0.25) is 0 Å². The molecular weight excluding hydrogens is 208 g/mol. The molecule has 2 heteroatoms. The van der Waals surface area contributed by atoms with Gasteiger partial charge in [0.05, 0.1) is 0 Å². The van der Waals surface area contributed by atoms with E-state index in [0.29, 0.717) is 0 Å². The second-order valence-electron chi connectivity index (χ2n) is 3.73. The molecule has 14 heavy (non-hydrogen) atoms. The maximum absolute atomic E-state index is 5.53. The summed E-state index contributed by atoms with van der Waals surface area (Å²) in [7, 11) is 0. The Bertz CT molecular complexity index is 76.4. The fraction of sp³-hybridized carbons (Fsp3) is 1.00.